The van der Waals surface area contributed by atoms with Crippen LogP contribution in [0.25, 0.3) is 0 Å². The standard InChI is InChI=1S/C17H10ClF5O6/c1-26-15-10(4-3-9(14(15)20)29-17(21,22)23)28-11-5-8(18)7(6-24)13(19)12(11)16(25)27-2/h3-6H,1-2H3/i1D3. The molecule has 0 saturated carbocycles. The van der Waals surface area contributed by atoms with E-state index >= 15 is 0 Å². The number of esters is 1. The van der Waals surface area contributed by atoms with Gasteiger partial charge in [0.25, 0.3) is 0 Å². The molecule has 0 aliphatic heterocycles. The van der Waals surface area contributed by atoms with Crippen molar-refractivity contribution in [2.75, 3.05) is 14.1 Å². The zero-order valence-electron chi connectivity index (χ0n) is 17.0. The topological polar surface area (TPSA) is 71.1 Å². The molecule has 0 unspecified atom stereocenters. The lowest BCUT2D eigenvalue weighted by Crippen LogP contribution is -2.18. The van der Waals surface area contributed by atoms with Crippen LogP contribution >= 0.6 is 11.6 Å². The Balaban J connectivity index is 2.70. The van der Waals surface area contributed by atoms with E-state index in [1.165, 1.54) is 0 Å². The van der Waals surface area contributed by atoms with Gasteiger partial charge in [0.1, 0.15) is 11.3 Å². The third-order valence-electron chi connectivity index (χ3n) is 3.30. The van der Waals surface area contributed by atoms with Crippen molar-refractivity contribution in [2.24, 2.45) is 0 Å². The molecule has 0 fully saturated rings. The fourth-order valence-corrected chi connectivity index (χ4v) is 2.34. The predicted molar refractivity (Wildman–Crippen MR) is 87.8 cm³/mol. The van der Waals surface area contributed by atoms with Gasteiger partial charge in [0.05, 0.1) is 28.8 Å². The van der Waals surface area contributed by atoms with Crippen LogP contribution in [0.2, 0.25) is 5.02 Å². The molecule has 0 bridgehead atoms. The van der Waals surface area contributed by atoms with Crippen molar-refractivity contribution >= 4 is 23.9 Å². The number of halogens is 6. The number of aldehydes is 1. The zero-order valence-corrected chi connectivity index (χ0v) is 14.8. The van der Waals surface area contributed by atoms with E-state index < -0.39 is 70.2 Å². The number of methoxy groups -OCH3 is 2. The molecular formula is C17H10ClF5O6. The van der Waals surface area contributed by atoms with Crippen molar-refractivity contribution in [1.29, 1.82) is 0 Å². The summed E-state index contributed by atoms with van der Waals surface area (Å²) in [5, 5.41) is -0.559. The van der Waals surface area contributed by atoms with Gasteiger partial charge in [0.15, 0.2) is 23.6 Å². The molecule has 156 valence electrons. The van der Waals surface area contributed by atoms with Gasteiger partial charge >= 0.3 is 12.3 Å². The van der Waals surface area contributed by atoms with E-state index in [4.69, 9.17) is 20.5 Å². The number of hydrogen-bond donors (Lipinski definition) is 0. The van der Waals surface area contributed by atoms with Crippen molar-refractivity contribution in [3.8, 4) is 23.0 Å². The van der Waals surface area contributed by atoms with Crippen LogP contribution in [0.5, 0.6) is 23.0 Å². The second kappa shape index (κ2) is 8.52. The number of rotatable bonds is 6. The Bertz CT molecular complexity index is 1060. The van der Waals surface area contributed by atoms with E-state index in [2.05, 4.69) is 14.2 Å². The Morgan fingerprint density at radius 1 is 1.17 bits per heavy atom. The summed E-state index contributed by atoms with van der Waals surface area (Å²) >= 11 is 5.75. The van der Waals surface area contributed by atoms with Crippen LogP contribution in [-0.4, -0.2) is 32.8 Å². The summed E-state index contributed by atoms with van der Waals surface area (Å²) in [5.41, 5.74) is -1.74. The summed E-state index contributed by atoms with van der Waals surface area (Å²) < 4.78 is 105. The Morgan fingerprint density at radius 2 is 1.83 bits per heavy atom. The molecule has 0 saturated heterocycles. The third kappa shape index (κ3) is 4.67. The van der Waals surface area contributed by atoms with Crippen molar-refractivity contribution in [3.63, 3.8) is 0 Å². The normalized spacial score (nSPS) is 13.0. The lowest BCUT2D eigenvalue weighted by atomic mass is 10.1. The molecule has 6 nitrogen and oxygen atoms in total. The number of alkyl halides is 3. The minimum absolute atomic E-state index is 0.0139. The summed E-state index contributed by atoms with van der Waals surface area (Å²) in [6.07, 6.45) is -5.35. The third-order valence-corrected chi connectivity index (χ3v) is 3.61. The van der Waals surface area contributed by atoms with Gasteiger partial charge < -0.3 is 18.9 Å². The minimum atomic E-state index is -5.33. The first kappa shape index (κ1) is 18.0. The van der Waals surface area contributed by atoms with Crippen LogP contribution in [0, 0.1) is 11.6 Å². The van der Waals surface area contributed by atoms with Crippen LogP contribution in [0.1, 0.15) is 24.8 Å². The molecule has 0 heterocycles. The molecule has 0 N–H and O–H groups in total. The maximum Gasteiger partial charge on any atom is 0.573 e. The monoisotopic (exact) mass is 443 g/mol. The Labute approximate surface area is 168 Å². The molecule has 0 spiro atoms. The van der Waals surface area contributed by atoms with Crippen molar-refractivity contribution in [1.82, 2.24) is 0 Å². The highest BCUT2D eigenvalue weighted by atomic mass is 35.5. The lowest BCUT2D eigenvalue weighted by Gasteiger charge is -2.17. The van der Waals surface area contributed by atoms with E-state index in [-0.39, 0.29) is 6.29 Å². The van der Waals surface area contributed by atoms with Crippen LogP contribution in [0.4, 0.5) is 22.0 Å². The molecule has 0 atom stereocenters. The fraction of sp³-hybridized carbons (Fsp3) is 0.176. The molecule has 0 aliphatic rings. The molecular weight excluding hydrogens is 431 g/mol. The van der Waals surface area contributed by atoms with E-state index in [9.17, 15) is 31.5 Å². The summed E-state index contributed by atoms with van der Waals surface area (Å²) in [4.78, 5) is 23.0. The minimum Gasteiger partial charge on any atom is -0.490 e. The molecule has 0 radical (unpaired) electrons. The molecule has 0 aromatic heterocycles. The largest absolute Gasteiger partial charge is 0.573 e. The smallest absolute Gasteiger partial charge is 0.490 e. The summed E-state index contributed by atoms with van der Waals surface area (Å²) in [7, 11) is -2.52. The zero-order chi connectivity index (χ0) is 24.4. The molecule has 2 aromatic carbocycles. The van der Waals surface area contributed by atoms with E-state index in [0.717, 1.165) is 13.2 Å². The highest BCUT2D eigenvalue weighted by molar-refractivity contribution is 6.33. The highest BCUT2D eigenvalue weighted by Crippen LogP contribution is 2.42. The van der Waals surface area contributed by atoms with Crippen LogP contribution in [0.15, 0.2) is 18.2 Å². The average molecular weight is 444 g/mol. The molecule has 2 rings (SSSR count). The van der Waals surface area contributed by atoms with E-state index in [0.29, 0.717) is 12.1 Å². The second-order valence-corrected chi connectivity index (χ2v) is 5.43. The van der Waals surface area contributed by atoms with Crippen LogP contribution in [0.3, 0.4) is 0 Å². The Hall–Kier alpha value is -3.08. The van der Waals surface area contributed by atoms with Gasteiger partial charge in [-0.3, -0.25) is 4.79 Å². The van der Waals surface area contributed by atoms with Crippen molar-refractivity contribution in [2.45, 2.75) is 6.36 Å². The molecule has 29 heavy (non-hydrogen) atoms. The molecule has 2 aromatic rings. The van der Waals surface area contributed by atoms with Gasteiger partial charge in [-0.25, -0.2) is 9.18 Å². The van der Waals surface area contributed by atoms with Crippen LogP contribution in [-0.2, 0) is 4.74 Å². The maximum absolute atomic E-state index is 14.6. The van der Waals surface area contributed by atoms with Gasteiger partial charge in [0.2, 0.25) is 11.6 Å². The van der Waals surface area contributed by atoms with Crippen molar-refractivity contribution in [3.05, 3.63) is 46.0 Å². The number of carbonyl (C=O) groups excluding carboxylic acids is 2. The quantitative estimate of drug-likeness (QED) is 0.359. The lowest BCUT2D eigenvalue weighted by molar-refractivity contribution is -0.275. The first-order valence-corrected chi connectivity index (χ1v) is 7.57. The van der Waals surface area contributed by atoms with Gasteiger partial charge in [0, 0.05) is 6.07 Å². The number of ether oxygens (including phenoxy) is 4. The molecule has 0 amide bonds. The predicted octanol–water partition coefficient (Wildman–Crippen LogP) is 4.92. The fourth-order valence-electron chi connectivity index (χ4n) is 2.11. The van der Waals surface area contributed by atoms with Crippen LogP contribution < -0.4 is 14.2 Å². The number of benzene rings is 2. The summed E-state index contributed by atoms with van der Waals surface area (Å²) in [6.45, 7) is 0. The first-order valence-electron chi connectivity index (χ1n) is 8.69. The number of hydrogen-bond acceptors (Lipinski definition) is 6. The Morgan fingerprint density at radius 3 is 2.38 bits per heavy atom. The highest BCUT2D eigenvalue weighted by Gasteiger charge is 2.34. The number of carbonyl (C=O) groups is 2. The van der Waals surface area contributed by atoms with Gasteiger partial charge in [-0.05, 0) is 12.1 Å². The summed E-state index contributed by atoms with van der Waals surface area (Å²) in [6, 6.07) is 1.77. The Kier molecular flexibility index (Phi) is 5.28. The van der Waals surface area contributed by atoms with Gasteiger partial charge in [-0.15, -0.1) is 13.2 Å². The van der Waals surface area contributed by atoms with Crippen molar-refractivity contribution < 1.29 is 54.6 Å². The second-order valence-electron chi connectivity index (χ2n) is 5.03. The van der Waals surface area contributed by atoms with E-state index in [1.54, 1.807) is 0 Å². The molecule has 0 aliphatic carbocycles. The maximum atomic E-state index is 14.6. The van der Waals surface area contributed by atoms with E-state index in [1.807, 2.05) is 0 Å². The average Bonchev–Trinajstić information content (AvgIpc) is 2.64. The molecule has 12 heteroatoms. The van der Waals surface area contributed by atoms with Gasteiger partial charge in [-0.2, -0.15) is 4.39 Å². The summed E-state index contributed by atoms with van der Waals surface area (Å²) in [5.74, 6) is -9.29. The van der Waals surface area contributed by atoms with Gasteiger partial charge in [-0.1, -0.05) is 11.6 Å². The SMILES string of the molecule is [2H]C([2H])([2H])Oc1c(Oc2cc(Cl)c(C=O)c(F)c2C(=O)OC)ccc(OC(F)(F)F)c1F. The first-order chi connectivity index (χ1) is 14.7.